The molecule has 20 heavy (non-hydrogen) atoms. The molecule has 2 unspecified atom stereocenters. The minimum absolute atomic E-state index is 0.197. The fraction of sp³-hybridized carbons (Fsp3) is 0.625. The SMILES string of the molecule is COc1ccc(OC)c(C(CN)N2CCCC(C)C2)c1. The van der Waals surface area contributed by atoms with E-state index in [1.807, 2.05) is 12.1 Å². The number of piperidine rings is 1. The van der Waals surface area contributed by atoms with Gasteiger partial charge >= 0.3 is 0 Å². The van der Waals surface area contributed by atoms with E-state index in [4.69, 9.17) is 15.2 Å². The Hall–Kier alpha value is -1.26. The van der Waals surface area contributed by atoms with Crippen molar-refractivity contribution in [3.63, 3.8) is 0 Å². The molecule has 1 aliphatic rings. The molecule has 1 saturated heterocycles. The Morgan fingerprint density at radius 1 is 1.35 bits per heavy atom. The van der Waals surface area contributed by atoms with Crippen LogP contribution in [0.3, 0.4) is 0 Å². The van der Waals surface area contributed by atoms with Crippen LogP contribution in [0, 0.1) is 5.92 Å². The number of rotatable bonds is 5. The van der Waals surface area contributed by atoms with Crippen molar-refractivity contribution in [2.24, 2.45) is 11.7 Å². The van der Waals surface area contributed by atoms with Gasteiger partial charge in [-0.15, -0.1) is 0 Å². The van der Waals surface area contributed by atoms with Gasteiger partial charge in [0.1, 0.15) is 11.5 Å². The van der Waals surface area contributed by atoms with Crippen molar-refractivity contribution in [2.45, 2.75) is 25.8 Å². The lowest BCUT2D eigenvalue weighted by Crippen LogP contribution is -2.40. The van der Waals surface area contributed by atoms with Crippen LogP contribution in [0.2, 0.25) is 0 Å². The van der Waals surface area contributed by atoms with E-state index in [9.17, 15) is 0 Å². The molecule has 0 amide bonds. The van der Waals surface area contributed by atoms with E-state index in [2.05, 4.69) is 17.9 Å². The molecule has 1 fully saturated rings. The Kier molecular flexibility index (Phi) is 5.26. The molecule has 0 aliphatic carbocycles. The molecule has 1 heterocycles. The number of nitrogens with two attached hydrogens (primary N) is 1. The molecule has 112 valence electrons. The number of hydrogen-bond donors (Lipinski definition) is 1. The Morgan fingerprint density at radius 2 is 2.15 bits per heavy atom. The molecule has 2 atom stereocenters. The van der Waals surface area contributed by atoms with Crippen LogP contribution in [-0.4, -0.2) is 38.8 Å². The first kappa shape index (κ1) is 15.1. The van der Waals surface area contributed by atoms with E-state index < -0.39 is 0 Å². The minimum Gasteiger partial charge on any atom is -0.497 e. The van der Waals surface area contributed by atoms with Crippen LogP contribution >= 0.6 is 0 Å². The lowest BCUT2D eigenvalue weighted by molar-refractivity contribution is 0.131. The fourth-order valence-corrected chi connectivity index (χ4v) is 3.08. The summed E-state index contributed by atoms with van der Waals surface area (Å²) in [6.07, 6.45) is 2.55. The van der Waals surface area contributed by atoms with Crippen LogP contribution in [-0.2, 0) is 0 Å². The van der Waals surface area contributed by atoms with Crippen LogP contribution in [0.4, 0.5) is 0 Å². The number of benzene rings is 1. The van der Waals surface area contributed by atoms with Crippen molar-refractivity contribution < 1.29 is 9.47 Å². The molecular formula is C16H26N2O2. The smallest absolute Gasteiger partial charge is 0.123 e. The van der Waals surface area contributed by atoms with E-state index >= 15 is 0 Å². The molecule has 1 aromatic carbocycles. The van der Waals surface area contributed by atoms with Crippen molar-refractivity contribution >= 4 is 0 Å². The molecule has 4 nitrogen and oxygen atoms in total. The summed E-state index contributed by atoms with van der Waals surface area (Å²) in [6.45, 7) is 5.10. The number of nitrogens with zero attached hydrogens (tertiary/aromatic N) is 1. The second kappa shape index (κ2) is 6.95. The zero-order chi connectivity index (χ0) is 14.5. The van der Waals surface area contributed by atoms with Gasteiger partial charge in [0, 0.05) is 18.7 Å². The van der Waals surface area contributed by atoms with Crippen LogP contribution in [0.5, 0.6) is 11.5 Å². The monoisotopic (exact) mass is 278 g/mol. The first-order chi connectivity index (χ1) is 9.69. The maximum absolute atomic E-state index is 6.06. The quantitative estimate of drug-likeness (QED) is 0.898. The standard InChI is InChI=1S/C16H26N2O2/c1-12-5-4-8-18(11-12)15(10-17)14-9-13(19-2)6-7-16(14)20-3/h6-7,9,12,15H,4-5,8,10-11,17H2,1-3H3. The number of ether oxygens (including phenoxy) is 2. The molecule has 0 aromatic heterocycles. The summed E-state index contributed by atoms with van der Waals surface area (Å²) in [5.41, 5.74) is 7.19. The third-order valence-corrected chi connectivity index (χ3v) is 4.15. The highest BCUT2D eigenvalue weighted by Gasteiger charge is 2.26. The Balaban J connectivity index is 2.29. The number of likely N-dealkylation sites (tertiary alicyclic amines) is 1. The Labute approximate surface area is 121 Å². The summed E-state index contributed by atoms with van der Waals surface area (Å²) < 4.78 is 10.9. The molecule has 0 spiro atoms. The molecule has 1 aliphatic heterocycles. The van der Waals surface area contributed by atoms with Gasteiger partial charge in [0.05, 0.1) is 20.3 Å². The van der Waals surface area contributed by atoms with Gasteiger partial charge < -0.3 is 15.2 Å². The van der Waals surface area contributed by atoms with E-state index in [0.717, 1.165) is 36.1 Å². The topological polar surface area (TPSA) is 47.7 Å². The largest absolute Gasteiger partial charge is 0.497 e. The zero-order valence-electron chi connectivity index (χ0n) is 12.8. The van der Waals surface area contributed by atoms with E-state index in [1.165, 1.54) is 12.8 Å². The van der Waals surface area contributed by atoms with Gasteiger partial charge in [-0.1, -0.05) is 6.92 Å². The summed E-state index contributed by atoms with van der Waals surface area (Å²) in [6, 6.07) is 6.14. The van der Waals surface area contributed by atoms with Crippen molar-refractivity contribution in [3.8, 4) is 11.5 Å². The molecule has 2 N–H and O–H groups in total. The summed E-state index contributed by atoms with van der Waals surface area (Å²) in [5, 5.41) is 0. The summed E-state index contributed by atoms with van der Waals surface area (Å²) in [5.74, 6) is 2.47. The number of hydrogen-bond acceptors (Lipinski definition) is 4. The zero-order valence-corrected chi connectivity index (χ0v) is 12.8. The van der Waals surface area contributed by atoms with Gasteiger partial charge in [0.15, 0.2) is 0 Å². The van der Waals surface area contributed by atoms with E-state index in [0.29, 0.717) is 6.54 Å². The fourth-order valence-electron chi connectivity index (χ4n) is 3.08. The molecule has 0 saturated carbocycles. The van der Waals surface area contributed by atoms with Crippen molar-refractivity contribution in [3.05, 3.63) is 23.8 Å². The van der Waals surface area contributed by atoms with Gasteiger partial charge in [-0.05, 0) is 43.5 Å². The molecule has 1 aromatic rings. The van der Waals surface area contributed by atoms with Crippen LogP contribution in [0.25, 0.3) is 0 Å². The average molecular weight is 278 g/mol. The first-order valence-corrected chi connectivity index (χ1v) is 7.35. The van der Waals surface area contributed by atoms with Crippen molar-refractivity contribution in [1.29, 1.82) is 0 Å². The summed E-state index contributed by atoms with van der Waals surface area (Å²) in [4.78, 5) is 2.48. The molecular weight excluding hydrogens is 252 g/mol. The van der Waals surface area contributed by atoms with Crippen LogP contribution in [0.15, 0.2) is 18.2 Å². The van der Waals surface area contributed by atoms with Gasteiger partial charge in [0.2, 0.25) is 0 Å². The maximum Gasteiger partial charge on any atom is 0.123 e. The highest BCUT2D eigenvalue weighted by atomic mass is 16.5. The van der Waals surface area contributed by atoms with E-state index in [1.54, 1.807) is 14.2 Å². The predicted octanol–water partition coefficient (Wildman–Crippen LogP) is 2.44. The second-order valence-electron chi connectivity index (χ2n) is 5.60. The normalized spacial score (nSPS) is 21.5. The highest BCUT2D eigenvalue weighted by molar-refractivity contribution is 5.42. The van der Waals surface area contributed by atoms with Crippen molar-refractivity contribution in [1.82, 2.24) is 4.90 Å². The van der Waals surface area contributed by atoms with E-state index in [-0.39, 0.29) is 6.04 Å². The maximum atomic E-state index is 6.06. The van der Waals surface area contributed by atoms with Gasteiger partial charge in [-0.2, -0.15) is 0 Å². The Morgan fingerprint density at radius 3 is 2.75 bits per heavy atom. The van der Waals surface area contributed by atoms with Crippen LogP contribution < -0.4 is 15.2 Å². The van der Waals surface area contributed by atoms with Gasteiger partial charge in [-0.3, -0.25) is 4.90 Å². The first-order valence-electron chi connectivity index (χ1n) is 7.35. The van der Waals surface area contributed by atoms with Crippen LogP contribution in [0.1, 0.15) is 31.4 Å². The molecule has 0 bridgehead atoms. The minimum atomic E-state index is 0.197. The molecule has 2 rings (SSSR count). The van der Waals surface area contributed by atoms with Gasteiger partial charge in [-0.25, -0.2) is 0 Å². The van der Waals surface area contributed by atoms with Gasteiger partial charge in [0.25, 0.3) is 0 Å². The third kappa shape index (κ3) is 3.25. The third-order valence-electron chi connectivity index (χ3n) is 4.15. The predicted molar refractivity (Wildman–Crippen MR) is 81.3 cm³/mol. The lowest BCUT2D eigenvalue weighted by Gasteiger charge is -2.37. The second-order valence-corrected chi connectivity index (χ2v) is 5.60. The molecule has 4 heteroatoms. The number of methoxy groups -OCH3 is 2. The lowest BCUT2D eigenvalue weighted by atomic mass is 9.95. The average Bonchev–Trinajstić information content (AvgIpc) is 2.48. The summed E-state index contributed by atoms with van der Waals surface area (Å²) in [7, 11) is 3.39. The highest BCUT2D eigenvalue weighted by Crippen LogP contribution is 2.34. The molecule has 0 radical (unpaired) electrons. The van der Waals surface area contributed by atoms with Crippen molar-refractivity contribution in [2.75, 3.05) is 33.9 Å². The summed E-state index contributed by atoms with van der Waals surface area (Å²) >= 11 is 0. The Bertz CT molecular complexity index is 436.